The number of ether oxygens (including phenoxy) is 1. The quantitative estimate of drug-likeness (QED) is 0.853. The molecular weight excluding hydrogens is 256 g/mol. The summed E-state index contributed by atoms with van der Waals surface area (Å²) in [4.78, 5) is 15.1. The van der Waals surface area contributed by atoms with Gasteiger partial charge in [0.25, 0.3) is 0 Å². The van der Waals surface area contributed by atoms with Crippen LogP contribution in [0.1, 0.15) is 32.6 Å². The molecule has 1 atom stereocenters. The van der Waals surface area contributed by atoms with E-state index < -0.39 is 0 Å². The highest BCUT2D eigenvalue weighted by Crippen LogP contribution is 2.24. The second-order valence-electron chi connectivity index (χ2n) is 5.85. The zero-order chi connectivity index (χ0) is 14.0. The van der Waals surface area contributed by atoms with Crippen LogP contribution in [0.3, 0.4) is 0 Å². The summed E-state index contributed by atoms with van der Waals surface area (Å²) in [6, 6.07) is 0. The van der Waals surface area contributed by atoms with E-state index in [1.165, 1.54) is 12.8 Å². The first-order chi connectivity index (χ1) is 9.65. The molecule has 3 rings (SSSR count). The van der Waals surface area contributed by atoms with Crippen LogP contribution in [-0.2, 0) is 4.74 Å². The molecule has 2 aliphatic rings. The molecule has 0 radical (unpaired) electrons. The van der Waals surface area contributed by atoms with E-state index in [2.05, 4.69) is 32.1 Å². The van der Waals surface area contributed by atoms with Crippen LogP contribution in [0.2, 0.25) is 0 Å². The van der Waals surface area contributed by atoms with Crippen molar-refractivity contribution < 1.29 is 4.74 Å². The maximum atomic E-state index is 5.82. The molecule has 0 spiro atoms. The summed E-state index contributed by atoms with van der Waals surface area (Å²) in [6.45, 7) is 5.60. The van der Waals surface area contributed by atoms with E-state index in [1.54, 1.807) is 0 Å². The second kappa shape index (κ2) is 5.40. The third kappa shape index (κ3) is 2.92. The van der Waals surface area contributed by atoms with Crippen molar-refractivity contribution in [2.24, 2.45) is 0 Å². The van der Waals surface area contributed by atoms with E-state index in [0.29, 0.717) is 18.5 Å². The van der Waals surface area contributed by atoms with Crippen LogP contribution in [0.5, 0.6) is 0 Å². The van der Waals surface area contributed by atoms with Gasteiger partial charge in [-0.2, -0.15) is 15.0 Å². The number of hydrogen-bond donors (Lipinski definition) is 2. The number of aromatic nitrogens is 3. The highest BCUT2D eigenvalue weighted by Gasteiger charge is 2.29. The Kier molecular flexibility index (Phi) is 3.60. The van der Waals surface area contributed by atoms with Crippen molar-refractivity contribution in [3.8, 4) is 0 Å². The summed E-state index contributed by atoms with van der Waals surface area (Å²) in [6.07, 6.45) is 4.44. The smallest absolute Gasteiger partial charge is 0.231 e. The molecule has 1 aromatic heterocycles. The zero-order valence-corrected chi connectivity index (χ0v) is 11.9. The first-order valence-corrected chi connectivity index (χ1v) is 7.27. The van der Waals surface area contributed by atoms with Crippen LogP contribution in [0, 0.1) is 0 Å². The Bertz CT molecular complexity index is 468. The molecular formula is C13H22N6O. The van der Waals surface area contributed by atoms with Gasteiger partial charge in [-0.15, -0.1) is 0 Å². The SMILES string of the molecule is CC1(Nc2nc(N)nc(N3CCCC3)n2)CCCOC1. The van der Waals surface area contributed by atoms with Crippen molar-refractivity contribution in [2.75, 3.05) is 42.3 Å². The molecule has 1 unspecified atom stereocenters. The average Bonchev–Trinajstić information content (AvgIpc) is 2.92. The Morgan fingerprint density at radius 2 is 2.00 bits per heavy atom. The summed E-state index contributed by atoms with van der Waals surface area (Å²) >= 11 is 0. The topological polar surface area (TPSA) is 89.2 Å². The van der Waals surface area contributed by atoms with Crippen molar-refractivity contribution >= 4 is 17.8 Å². The molecule has 2 fully saturated rings. The fraction of sp³-hybridized carbons (Fsp3) is 0.769. The first-order valence-electron chi connectivity index (χ1n) is 7.27. The predicted octanol–water partition coefficient (Wildman–Crippen LogP) is 1.03. The van der Waals surface area contributed by atoms with Gasteiger partial charge in [-0.25, -0.2) is 0 Å². The van der Waals surface area contributed by atoms with Crippen molar-refractivity contribution in [2.45, 2.75) is 38.1 Å². The molecule has 2 aliphatic heterocycles. The van der Waals surface area contributed by atoms with Gasteiger partial charge in [0.2, 0.25) is 17.8 Å². The number of nitrogens with zero attached hydrogens (tertiary/aromatic N) is 4. The lowest BCUT2D eigenvalue weighted by Gasteiger charge is -2.34. The van der Waals surface area contributed by atoms with Gasteiger partial charge in [0.15, 0.2) is 0 Å². The first kappa shape index (κ1) is 13.4. The molecule has 20 heavy (non-hydrogen) atoms. The average molecular weight is 278 g/mol. The van der Waals surface area contributed by atoms with Crippen LogP contribution in [-0.4, -0.2) is 46.8 Å². The number of anilines is 3. The van der Waals surface area contributed by atoms with Gasteiger partial charge in [0.05, 0.1) is 12.1 Å². The van der Waals surface area contributed by atoms with Gasteiger partial charge < -0.3 is 20.7 Å². The molecule has 0 bridgehead atoms. The van der Waals surface area contributed by atoms with Gasteiger partial charge in [-0.3, -0.25) is 0 Å². The Morgan fingerprint density at radius 3 is 2.70 bits per heavy atom. The highest BCUT2D eigenvalue weighted by atomic mass is 16.5. The highest BCUT2D eigenvalue weighted by molar-refractivity contribution is 5.43. The van der Waals surface area contributed by atoms with Gasteiger partial charge in [0.1, 0.15) is 0 Å². The van der Waals surface area contributed by atoms with Crippen molar-refractivity contribution in [1.82, 2.24) is 15.0 Å². The zero-order valence-electron chi connectivity index (χ0n) is 11.9. The molecule has 0 aliphatic carbocycles. The summed E-state index contributed by atoms with van der Waals surface area (Å²) in [5, 5.41) is 3.37. The van der Waals surface area contributed by atoms with Crippen molar-refractivity contribution in [1.29, 1.82) is 0 Å². The maximum Gasteiger partial charge on any atom is 0.231 e. The van der Waals surface area contributed by atoms with E-state index >= 15 is 0 Å². The summed E-state index contributed by atoms with van der Waals surface area (Å²) < 4.78 is 5.54. The van der Waals surface area contributed by atoms with E-state index in [1.807, 2.05) is 0 Å². The van der Waals surface area contributed by atoms with Gasteiger partial charge in [0, 0.05) is 19.7 Å². The molecule has 7 nitrogen and oxygen atoms in total. The number of rotatable bonds is 3. The third-order valence-corrected chi connectivity index (χ3v) is 3.88. The van der Waals surface area contributed by atoms with Crippen molar-refractivity contribution in [3.05, 3.63) is 0 Å². The molecule has 3 heterocycles. The van der Waals surface area contributed by atoms with Crippen LogP contribution < -0.4 is 16.0 Å². The molecule has 2 saturated heterocycles. The fourth-order valence-electron chi connectivity index (χ4n) is 2.80. The molecule has 110 valence electrons. The molecule has 1 aromatic rings. The normalized spacial score (nSPS) is 26.8. The molecule has 0 aromatic carbocycles. The largest absolute Gasteiger partial charge is 0.379 e. The maximum absolute atomic E-state index is 5.82. The van der Waals surface area contributed by atoms with E-state index in [-0.39, 0.29) is 11.5 Å². The minimum absolute atomic E-state index is 0.131. The number of hydrogen-bond acceptors (Lipinski definition) is 7. The van der Waals surface area contributed by atoms with Gasteiger partial charge in [-0.05, 0) is 32.6 Å². The molecule has 0 saturated carbocycles. The van der Waals surface area contributed by atoms with E-state index in [0.717, 1.165) is 32.5 Å². The number of nitrogens with one attached hydrogen (secondary N) is 1. The van der Waals surface area contributed by atoms with Crippen molar-refractivity contribution in [3.63, 3.8) is 0 Å². The molecule has 3 N–H and O–H groups in total. The van der Waals surface area contributed by atoms with Gasteiger partial charge in [-0.1, -0.05) is 0 Å². The standard InChI is InChI=1S/C13H22N6O/c1-13(5-4-8-20-9-13)18-11-15-10(14)16-12(17-11)19-6-2-3-7-19/h2-9H2,1H3,(H3,14,15,16,17,18). The van der Waals surface area contributed by atoms with Crippen LogP contribution in [0.15, 0.2) is 0 Å². The Morgan fingerprint density at radius 1 is 1.20 bits per heavy atom. The summed E-state index contributed by atoms with van der Waals surface area (Å²) in [7, 11) is 0. The monoisotopic (exact) mass is 278 g/mol. The minimum Gasteiger partial charge on any atom is -0.379 e. The molecule has 0 amide bonds. The lowest BCUT2D eigenvalue weighted by Crippen LogP contribution is -2.43. The minimum atomic E-state index is -0.131. The Labute approximate surface area is 118 Å². The third-order valence-electron chi connectivity index (χ3n) is 3.88. The lowest BCUT2D eigenvalue weighted by atomic mass is 9.95. The Hall–Kier alpha value is -1.63. The summed E-state index contributed by atoms with van der Waals surface area (Å²) in [5.74, 6) is 1.50. The Balaban J connectivity index is 1.78. The number of nitrogen functional groups attached to an aromatic ring is 1. The number of nitrogens with two attached hydrogens (primary N) is 1. The lowest BCUT2D eigenvalue weighted by molar-refractivity contribution is 0.0537. The predicted molar refractivity (Wildman–Crippen MR) is 77.8 cm³/mol. The second-order valence-corrected chi connectivity index (χ2v) is 5.85. The van der Waals surface area contributed by atoms with Crippen LogP contribution in [0.4, 0.5) is 17.8 Å². The van der Waals surface area contributed by atoms with Crippen LogP contribution >= 0.6 is 0 Å². The molecule has 7 heteroatoms. The summed E-state index contributed by atoms with van der Waals surface area (Å²) in [5.41, 5.74) is 5.68. The van der Waals surface area contributed by atoms with Crippen LogP contribution in [0.25, 0.3) is 0 Å². The van der Waals surface area contributed by atoms with Gasteiger partial charge >= 0.3 is 0 Å². The fourth-order valence-corrected chi connectivity index (χ4v) is 2.80. The van der Waals surface area contributed by atoms with E-state index in [4.69, 9.17) is 10.5 Å². The van der Waals surface area contributed by atoms with E-state index in [9.17, 15) is 0 Å².